The Kier molecular flexibility index (Phi) is 4.96. The molecule has 1 heterocycles. The van der Waals surface area contributed by atoms with E-state index >= 15 is 0 Å². The quantitative estimate of drug-likeness (QED) is 0.827. The third-order valence-electron chi connectivity index (χ3n) is 3.59. The van der Waals surface area contributed by atoms with Crippen LogP contribution in [0.2, 0.25) is 0 Å². The van der Waals surface area contributed by atoms with Gasteiger partial charge < -0.3 is 14.7 Å². The van der Waals surface area contributed by atoms with Crippen LogP contribution < -0.4 is 5.32 Å². The third kappa shape index (κ3) is 4.04. The van der Waals surface area contributed by atoms with Gasteiger partial charge in [0.25, 0.3) is 0 Å². The number of amides is 1. The van der Waals surface area contributed by atoms with Crippen LogP contribution in [0.15, 0.2) is 16.7 Å². The van der Waals surface area contributed by atoms with Gasteiger partial charge >= 0.3 is 0 Å². The van der Waals surface area contributed by atoms with E-state index in [0.29, 0.717) is 12.2 Å². The first kappa shape index (κ1) is 15.5. The van der Waals surface area contributed by atoms with Gasteiger partial charge in [0, 0.05) is 11.9 Å². The molecule has 2 aromatic rings. The predicted molar refractivity (Wildman–Crippen MR) is 83.4 cm³/mol. The Bertz CT molecular complexity index is 632. The topological polar surface area (TPSA) is 58.4 Å². The van der Waals surface area contributed by atoms with Crippen LogP contribution in [0.4, 0.5) is 0 Å². The zero-order chi connectivity index (χ0) is 15.4. The second kappa shape index (κ2) is 6.72. The molecule has 0 atom stereocenters. The SMILES string of the molecule is Cc1cc2onc(CC(=O)NCCCN(C)C)c2cc1C. The van der Waals surface area contributed by atoms with Crippen LogP contribution in [0, 0.1) is 13.8 Å². The van der Waals surface area contributed by atoms with Crippen LogP contribution >= 0.6 is 0 Å². The fraction of sp³-hybridized carbons (Fsp3) is 0.500. The number of aromatic nitrogens is 1. The Morgan fingerprint density at radius 1 is 1.29 bits per heavy atom. The van der Waals surface area contributed by atoms with E-state index < -0.39 is 0 Å². The lowest BCUT2D eigenvalue weighted by atomic mass is 10.1. The number of rotatable bonds is 6. The molecule has 0 spiro atoms. The van der Waals surface area contributed by atoms with Crippen molar-refractivity contribution in [3.05, 3.63) is 29.0 Å². The molecule has 0 radical (unpaired) electrons. The van der Waals surface area contributed by atoms with Crippen molar-refractivity contribution < 1.29 is 9.32 Å². The van der Waals surface area contributed by atoms with Crippen molar-refractivity contribution in [2.45, 2.75) is 26.7 Å². The highest BCUT2D eigenvalue weighted by atomic mass is 16.5. The van der Waals surface area contributed by atoms with Crippen molar-refractivity contribution in [1.29, 1.82) is 0 Å². The number of carbonyl (C=O) groups is 1. The molecule has 2 rings (SSSR count). The summed E-state index contributed by atoms with van der Waals surface area (Å²) < 4.78 is 5.31. The molecule has 1 aromatic heterocycles. The van der Waals surface area contributed by atoms with Crippen LogP contribution in [0.1, 0.15) is 23.2 Å². The summed E-state index contributed by atoms with van der Waals surface area (Å²) in [5.74, 6) is -0.0119. The van der Waals surface area contributed by atoms with Crippen molar-refractivity contribution in [3.63, 3.8) is 0 Å². The molecule has 5 heteroatoms. The lowest BCUT2D eigenvalue weighted by Gasteiger charge is -2.09. The second-order valence-corrected chi connectivity index (χ2v) is 5.75. The predicted octanol–water partition coefficient (Wildman–Crippen LogP) is 2.06. The number of carbonyl (C=O) groups excluding carboxylic acids is 1. The molecule has 1 aromatic carbocycles. The van der Waals surface area contributed by atoms with Gasteiger partial charge in [0.1, 0.15) is 5.69 Å². The van der Waals surface area contributed by atoms with E-state index in [1.54, 1.807) is 0 Å². The Hall–Kier alpha value is -1.88. The van der Waals surface area contributed by atoms with E-state index in [-0.39, 0.29) is 12.3 Å². The monoisotopic (exact) mass is 289 g/mol. The van der Waals surface area contributed by atoms with Crippen molar-refractivity contribution >= 4 is 16.9 Å². The largest absolute Gasteiger partial charge is 0.356 e. The Morgan fingerprint density at radius 2 is 2.00 bits per heavy atom. The highest BCUT2D eigenvalue weighted by molar-refractivity contribution is 5.87. The first-order chi connectivity index (χ1) is 9.97. The highest BCUT2D eigenvalue weighted by Gasteiger charge is 2.13. The van der Waals surface area contributed by atoms with E-state index in [1.165, 1.54) is 11.1 Å². The number of benzene rings is 1. The molecule has 0 unspecified atom stereocenters. The number of nitrogens with zero attached hydrogens (tertiary/aromatic N) is 2. The molecule has 0 aliphatic carbocycles. The van der Waals surface area contributed by atoms with Gasteiger partial charge in [-0.1, -0.05) is 5.16 Å². The molecule has 21 heavy (non-hydrogen) atoms. The van der Waals surface area contributed by atoms with Crippen molar-refractivity contribution in [3.8, 4) is 0 Å². The van der Waals surface area contributed by atoms with Gasteiger partial charge in [0.05, 0.1) is 6.42 Å². The standard InChI is InChI=1S/C16H23N3O2/c1-11-8-13-14(18-21-15(13)9-12(11)2)10-16(20)17-6-5-7-19(3)4/h8-9H,5-7,10H2,1-4H3,(H,17,20). The average Bonchev–Trinajstić information content (AvgIpc) is 2.78. The lowest BCUT2D eigenvalue weighted by Crippen LogP contribution is -2.28. The van der Waals surface area contributed by atoms with Crippen molar-refractivity contribution in [1.82, 2.24) is 15.4 Å². The van der Waals surface area contributed by atoms with Crippen LogP contribution in [0.3, 0.4) is 0 Å². The molecule has 0 saturated carbocycles. The lowest BCUT2D eigenvalue weighted by molar-refractivity contribution is -0.120. The zero-order valence-corrected chi connectivity index (χ0v) is 13.2. The molecule has 1 amide bonds. The molecule has 5 nitrogen and oxygen atoms in total. The summed E-state index contributed by atoms with van der Waals surface area (Å²) >= 11 is 0. The second-order valence-electron chi connectivity index (χ2n) is 5.75. The van der Waals surface area contributed by atoms with Gasteiger partial charge in [-0.25, -0.2) is 0 Å². The van der Waals surface area contributed by atoms with Gasteiger partial charge in [-0.15, -0.1) is 0 Å². The minimum absolute atomic E-state index is 0.0119. The smallest absolute Gasteiger partial charge is 0.226 e. The summed E-state index contributed by atoms with van der Waals surface area (Å²) in [5.41, 5.74) is 3.79. The number of nitrogens with one attached hydrogen (secondary N) is 1. The van der Waals surface area contributed by atoms with Crippen LogP contribution in [-0.4, -0.2) is 43.1 Å². The normalized spacial score (nSPS) is 11.3. The third-order valence-corrected chi connectivity index (χ3v) is 3.59. The number of hydrogen-bond donors (Lipinski definition) is 1. The fourth-order valence-corrected chi connectivity index (χ4v) is 2.21. The fourth-order valence-electron chi connectivity index (χ4n) is 2.21. The first-order valence-electron chi connectivity index (χ1n) is 7.24. The summed E-state index contributed by atoms with van der Waals surface area (Å²) in [6.45, 7) is 5.73. The zero-order valence-electron chi connectivity index (χ0n) is 13.2. The van der Waals surface area contributed by atoms with E-state index in [1.807, 2.05) is 40.1 Å². The van der Waals surface area contributed by atoms with Crippen molar-refractivity contribution in [2.75, 3.05) is 27.2 Å². The van der Waals surface area contributed by atoms with E-state index in [2.05, 4.69) is 15.4 Å². The molecule has 0 aliphatic heterocycles. The maximum atomic E-state index is 11.9. The van der Waals surface area contributed by atoms with Crippen LogP contribution in [0.25, 0.3) is 11.0 Å². The number of fused-ring (bicyclic) bond motifs is 1. The molecular weight excluding hydrogens is 266 g/mol. The number of hydrogen-bond acceptors (Lipinski definition) is 4. The summed E-state index contributed by atoms with van der Waals surface area (Å²) in [6.07, 6.45) is 1.20. The molecule has 0 bridgehead atoms. The first-order valence-corrected chi connectivity index (χ1v) is 7.24. The Labute approximate surface area is 125 Å². The van der Waals surface area contributed by atoms with Gasteiger partial charge in [-0.3, -0.25) is 4.79 Å². The summed E-state index contributed by atoms with van der Waals surface area (Å²) in [5, 5.41) is 7.88. The van der Waals surface area contributed by atoms with Gasteiger partial charge in [-0.2, -0.15) is 0 Å². The molecular formula is C16H23N3O2. The minimum Gasteiger partial charge on any atom is -0.356 e. The van der Waals surface area contributed by atoms with Crippen LogP contribution in [0.5, 0.6) is 0 Å². The maximum absolute atomic E-state index is 11.9. The summed E-state index contributed by atoms with van der Waals surface area (Å²) in [7, 11) is 4.04. The summed E-state index contributed by atoms with van der Waals surface area (Å²) in [6, 6.07) is 4.01. The molecule has 114 valence electrons. The Balaban J connectivity index is 1.96. The minimum atomic E-state index is -0.0119. The summed E-state index contributed by atoms with van der Waals surface area (Å²) in [4.78, 5) is 14.0. The molecule has 0 fully saturated rings. The van der Waals surface area contributed by atoms with Crippen molar-refractivity contribution in [2.24, 2.45) is 0 Å². The highest BCUT2D eigenvalue weighted by Crippen LogP contribution is 2.22. The van der Waals surface area contributed by atoms with Gasteiger partial charge in [-0.05, 0) is 64.2 Å². The number of aryl methyl sites for hydroxylation is 2. The van der Waals surface area contributed by atoms with E-state index in [4.69, 9.17) is 4.52 Å². The van der Waals surface area contributed by atoms with Crippen LogP contribution in [-0.2, 0) is 11.2 Å². The molecule has 0 saturated heterocycles. The Morgan fingerprint density at radius 3 is 2.71 bits per heavy atom. The molecule has 1 N–H and O–H groups in total. The van der Waals surface area contributed by atoms with Gasteiger partial charge in [0.2, 0.25) is 5.91 Å². The molecule has 0 aliphatic rings. The average molecular weight is 289 g/mol. The van der Waals surface area contributed by atoms with Gasteiger partial charge in [0.15, 0.2) is 5.58 Å². The van der Waals surface area contributed by atoms with E-state index in [9.17, 15) is 4.79 Å². The van der Waals surface area contributed by atoms with E-state index in [0.717, 1.165) is 23.9 Å². The maximum Gasteiger partial charge on any atom is 0.226 e.